The molecule has 1 aliphatic rings. The van der Waals surface area contributed by atoms with Crippen molar-refractivity contribution in [1.82, 2.24) is 0 Å². The van der Waals surface area contributed by atoms with E-state index in [0.29, 0.717) is 13.0 Å². The first kappa shape index (κ1) is 11.6. The van der Waals surface area contributed by atoms with Gasteiger partial charge in [-0.25, -0.2) is 0 Å². The molecule has 0 aliphatic carbocycles. The molecule has 0 N–H and O–H groups in total. The molecule has 0 fully saturated rings. The summed E-state index contributed by atoms with van der Waals surface area (Å²) in [6.07, 6.45) is 1.39. The largest absolute Gasteiger partial charge is 0.385 e. The molecule has 0 radical (unpaired) electrons. The van der Waals surface area contributed by atoms with Crippen LogP contribution in [0.15, 0.2) is 22.7 Å². The summed E-state index contributed by atoms with van der Waals surface area (Å²) in [7, 11) is 1.68. The van der Waals surface area contributed by atoms with Crippen molar-refractivity contribution in [3.8, 4) is 0 Å². The third-order valence-electron chi connectivity index (χ3n) is 2.71. The van der Waals surface area contributed by atoms with Gasteiger partial charge in [0.1, 0.15) is 0 Å². The zero-order valence-electron chi connectivity index (χ0n) is 9.20. The molecular weight excluding hydrogens is 270 g/mol. The Kier molecular flexibility index (Phi) is 3.61. The minimum absolute atomic E-state index is 0.184. The summed E-state index contributed by atoms with van der Waals surface area (Å²) in [6, 6.07) is 5.99. The van der Waals surface area contributed by atoms with Crippen molar-refractivity contribution in [3.05, 3.63) is 28.2 Å². The van der Waals surface area contributed by atoms with E-state index in [1.54, 1.807) is 7.11 Å². The third-order valence-corrected chi connectivity index (χ3v) is 3.20. The lowest BCUT2D eigenvalue weighted by Crippen LogP contribution is -2.28. The Bertz CT molecular complexity index is 406. The first-order valence-corrected chi connectivity index (χ1v) is 6.09. The van der Waals surface area contributed by atoms with E-state index in [1.165, 1.54) is 0 Å². The molecule has 1 heterocycles. The van der Waals surface area contributed by atoms with Gasteiger partial charge in [-0.1, -0.05) is 15.9 Å². The highest BCUT2D eigenvalue weighted by atomic mass is 79.9. The highest BCUT2D eigenvalue weighted by Crippen LogP contribution is 2.31. The SMILES string of the molecule is COCCCN1C(=O)Cc2cc(Br)ccc21. The van der Waals surface area contributed by atoms with Crippen LogP contribution in [0, 0.1) is 0 Å². The van der Waals surface area contributed by atoms with Gasteiger partial charge in [0.05, 0.1) is 6.42 Å². The zero-order valence-corrected chi connectivity index (χ0v) is 10.8. The smallest absolute Gasteiger partial charge is 0.231 e. The number of halogens is 1. The fraction of sp³-hybridized carbons (Fsp3) is 0.417. The van der Waals surface area contributed by atoms with Gasteiger partial charge in [0.25, 0.3) is 0 Å². The number of hydrogen-bond donors (Lipinski definition) is 0. The van der Waals surface area contributed by atoms with Crippen LogP contribution in [0.2, 0.25) is 0 Å². The Hall–Kier alpha value is -0.870. The lowest BCUT2D eigenvalue weighted by atomic mass is 10.2. The summed E-state index contributed by atoms with van der Waals surface area (Å²) >= 11 is 3.42. The van der Waals surface area contributed by atoms with Crippen LogP contribution in [-0.4, -0.2) is 26.2 Å². The number of ether oxygens (including phenoxy) is 1. The maximum absolute atomic E-state index is 11.8. The minimum atomic E-state index is 0.184. The van der Waals surface area contributed by atoms with Crippen molar-refractivity contribution < 1.29 is 9.53 Å². The summed E-state index contributed by atoms with van der Waals surface area (Å²) in [5.41, 5.74) is 2.15. The van der Waals surface area contributed by atoms with E-state index in [9.17, 15) is 4.79 Å². The highest BCUT2D eigenvalue weighted by Gasteiger charge is 2.26. The van der Waals surface area contributed by atoms with Gasteiger partial charge in [0.2, 0.25) is 5.91 Å². The highest BCUT2D eigenvalue weighted by molar-refractivity contribution is 9.10. The van der Waals surface area contributed by atoms with Crippen molar-refractivity contribution in [2.45, 2.75) is 12.8 Å². The summed E-state index contributed by atoms with van der Waals surface area (Å²) in [4.78, 5) is 13.7. The topological polar surface area (TPSA) is 29.5 Å². The number of benzene rings is 1. The van der Waals surface area contributed by atoms with E-state index in [2.05, 4.69) is 15.9 Å². The van der Waals surface area contributed by atoms with Gasteiger partial charge < -0.3 is 9.64 Å². The number of carbonyl (C=O) groups excluding carboxylic acids is 1. The number of hydrogen-bond acceptors (Lipinski definition) is 2. The Morgan fingerprint density at radius 2 is 2.31 bits per heavy atom. The van der Waals surface area contributed by atoms with Gasteiger partial charge in [-0.15, -0.1) is 0 Å². The van der Waals surface area contributed by atoms with Crippen molar-refractivity contribution in [3.63, 3.8) is 0 Å². The Balaban J connectivity index is 2.13. The van der Waals surface area contributed by atoms with E-state index in [4.69, 9.17) is 4.74 Å². The second-order valence-corrected chi connectivity index (χ2v) is 4.76. The zero-order chi connectivity index (χ0) is 11.5. The number of anilines is 1. The molecule has 0 aromatic heterocycles. The second-order valence-electron chi connectivity index (χ2n) is 3.84. The Labute approximate surface area is 104 Å². The first-order chi connectivity index (χ1) is 7.72. The lowest BCUT2D eigenvalue weighted by Gasteiger charge is -2.17. The molecule has 0 saturated carbocycles. The molecule has 2 rings (SSSR count). The number of methoxy groups -OCH3 is 1. The summed E-state index contributed by atoms with van der Waals surface area (Å²) < 4.78 is 6.02. The van der Waals surface area contributed by atoms with Crippen LogP contribution in [0.3, 0.4) is 0 Å². The quantitative estimate of drug-likeness (QED) is 0.794. The standard InChI is InChI=1S/C12H14BrNO2/c1-16-6-2-5-14-11-4-3-10(13)7-9(11)8-12(14)15/h3-4,7H,2,5-6,8H2,1H3. The van der Waals surface area contributed by atoms with E-state index in [0.717, 1.165) is 28.7 Å². The first-order valence-electron chi connectivity index (χ1n) is 5.30. The van der Waals surface area contributed by atoms with Crippen LogP contribution in [0.5, 0.6) is 0 Å². The van der Waals surface area contributed by atoms with E-state index >= 15 is 0 Å². The lowest BCUT2D eigenvalue weighted by molar-refractivity contribution is -0.117. The number of carbonyl (C=O) groups is 1. The number of fused-ring (bicyclic) bond motifs is 1. The monoisotopic (exact) mass is 283 g/mol. The molecule has 3 nitrogen and oxygen atoms in total. The average molecular weight is 284 g/mol. The Morgan fingerprint density at radius 1 is 1.50 bits per heavy atom. The molecule has 0 bridgehead atoms. The van der Waals surface area contributed by atoms with Gasteiger partial charge in [0.15, 0.2) is 0 Å². The molecule has 0 atom stereocenters. The van der Waals surface area contributed by atoms with Crippen molar-refractivity contribution in [1.29, 1.82) is 0 Å². The molecule has 16 heavy (non-hydrogen) atoms. The fourth-order valence-corrected chi connectivity index (χ4v) is 2.37. The number of amides is 1. The Morgan fingerprint density at radius 3 is 3.06 bits per heavy atom. The molecule has 0 saturated heterocycles. The predicted molar refractivity (Wildman–Crippen MR) is 66.7 cm³/mol. The maximum atomic E-state index is 11.8. The molecular formula is C12H14BrNO2. The fourth-order valence-electron chi connectivity index (χ4n) is 1.96. The molecule has 0 spiro atoms. The maximum Gasteiger partial charge on any atom is 0.231 e. The normalized spacial score (nSPS) is 14.4. The van der Waals surface area contributed by atoms with Crippen molar-refractivity contribution in [2.75, 3.05) is 25.2 Å². The van der Waals surface area contributed by atoms with E-state index in [-0.39, 0.29) is 5.91 Å². The molecule has 86 valence electrons. The number of rotatable bonds is 4. The van der Waals surface area contributed by atoms with Crippen LogP contribution < -0.4 is 4.90 Å². The number of nitrogens with zero attached hydrogens (tertiary/aromatic N) is 1. The van der Waals surface area contributed by atoms with Gasteiger partial charge in [-0.3, -0.25) is 4.79 Å². The molecule has 1 aliphatic heterocycles. The van der Waals surface area contributed by atoms with Gasteiger partial charge in [-0.05, 0) is 30.2 Å². The summed E-state index contributed by atoms with van der Waals surface area (Å²) in [5.74, 6) is 0.184. The van der Waals surface area contributed by atoms with Crippen molar-refractivity contribution in [2.24, 2.45) is 0 Å². The van der Waals surface area contributed by atoms with Gasteiger partial charge in [-0.2, -0.15) is 0 Å². The molecule has 4 heteroatoms. The van der Waals surface area contributed by atoms with Crippen LogP contribution in [0.4, 0.5) is 5.69 Å². The van der Waals surface area contributed by atoms with E-state index in [1.807, 2.05) is 23.1 Å². The molecule has 1 amide bonds. The van der Waals surface area contributed by atoms with Crippen LogP contribution >= 0.6 is 15.9 Å². The predicted octanol–water partition coefficient (Wildman–Crippen LogP) is 2.37. The second kappa shape index (κ2) is 4.97. The van der Waals surface area contributed by atoms with Crippen LogP contribution in [-0.2, 0) is 16.0 Å². The van der Waals surface area contributed by atoms with E-state index < -0.39 is 0 Å². The van der Waals surface area contributed by atoms with Crippen LogP contribution in [0.25, 0.3) is 0 Å². The minimum Gasteiger partial charge on any atom is -0.385 e. The van der Waals surface area contributed by atoms with Crippen LogP contribution in [0.1, 0.15) is 12.0 Å². The molecule has 1 aromatic carbocycles. The van der Waals surface area contributed by atoms with Gasteiger partial charge >= 0.3 is 0 Å². The summed E-state index contributed by atoms with van der Waals surface area (Å²) in [5, 5.41) is 0. The average Bonchev–Trinajstić information content (AvgIpc) is 2.55. The molecule has 0 unspecified atom stereocenters. The molecule has 1 aromatic rings. The van der Waals surface area contributed by atoms with Gasteiger partial charge in [0, 0.05) is 30.4 Å². The summed E-state index contributed by atoms with van der Waals surface area (Å²) in [6.45, 7) is 1.43. The third kappa shape index (κ3) is 2.28. The van der Waals surface area contributed by atoms with Crippen molar-refractivity contribution >= 4 is 27.5 Å².